The van der Waals surface area contributed by atoms with Gasteiger partial charge in [-0.15, -0.1) is 0 Å². The van der Waals surface area contributed by atoms with Crippen LogP contribution in [-0.4, -0.2) is 42.9 Å². The Bertz CT molecular complexity index is 1070. The lowest BCUT2D eigenvalue weighted by atomic mass is 9.84. The van der Waals surface area contributed by atoms with Crippen molar-refractivity contribution >= 4 is 17.8 Å². The smallest absolute Gasteiger partial charge is 0.416 e. The third kappa shape index (κ3) is 5.49. The summed E-state index contributed by atoms with van der Waals surface area (Å²) in [7, 11) is 1.25. The Morgan fingerprint density at radius 1 is 1.12 bits per heavy atom. The minimum atomic E-state index is -4.70. The highest BCUT2D eigenvalue weighted by atomic mass is 19.4. The molecule has 0 radical (unpaired) electrons. The third-order valence-electron chi connectivity index (χ3n) is 6.05. The molecule has 2 aromatic carbocycles. The third-order valence-corrected chi connectivity index (χ3v) is 6.05. The second-order valence-electron chi connectivity index (χ2n) is 8.21. The number of likely N-dealkylation sites (tertiary alicyclic amines) is 1. The van der Waals surface area contributed by atoms with E-state index >= 15 is 0 Å². The second kappa shape index (κ2) is 10.1. The molecule has 0 unspecified atom stereocenters. The van der Waals surface area contributed by atoms with Crippen LogP contribution >= 0.6 is 0 Å². The van der Waals surface area contributed by atoms with E-state index in [1.54, 1.807) is 4.90 Å². The molecule has 2 aromatic rings. The van der Waals surface area contributed by atoms with Crippen LogP contribution in [0.4, 0.5) is 13.2 Å². The first-order valence-corrected chi connectivity index (χ1v) is 10.8. The summed E-state index contributed by atoms with van der Waals surface area (Å²) in [6, 6.07) is 11.3. The van der Waals surface area contributed by atoms with Crippen molar-refractivity contribution in [3.63, 3.8) is 0 Å². The fraction of sp³-hybridized carbons (Fsp3) is 0.375. The van der Waals surface area contributed by atoms with Crippen molar-refractivity contribution < 1.29 is 27.5 Å². The number of hydrogen-bond donors (Lipinski definition) is 2. The molecule has 1 fully saturated rings. The van der Waals surface area contributed by atoms with Gasteiger partial charge in [-0.25, -0.2) is 0 Å². The van der Waals surface area contributed by atoms with Crippen LogP contribution in [0.1, 0.15) is 58.6 Å². The molecule has 7 nitrogen and oxygen atoms in total. The normalized spacial score (nSPS) is 15.5. The number of hydrogen-bond acceptors (Lipinski definition) is 3. The molecule has 3 rings (SSSR count). The number of carbonyl (C=O) groups is 2. The molecular weight excluding hydrogens is 449 g/mol. The highest BCUT2D eigenvalue weighted by Crippen LogP contribution is 2.42. The molecular formula is C24H27F3N4O3. The average Bonchev–Trinajstić information content (AvgIpc) is 2.81. The zero-order valence-electron chi connectivity index (χ0n) is 18.9. The van der Waals surface area contributed by atoms with Gasteiger partial charge in [0.1, 0.15) is 5.75 Å². The van der Waals surface area contributed by atoms with Crippen molar-refractivity contribution in [1.29, 1.82) is 0 Å². The number of piperidine rings is 1. The van der Waals surface area contributed by atoms with Gasteiger partial charge in [0.2, 0.25) is 5.91 Å². The lowest BCUT2D eigenvalue weighted by molar-refractivity contribution is -0.139. The van der Waals surface area contributed by atoms with Gasteiger partial charge >= 0.3 is 6.18 Å². The first kappa shape index (κ1) is 25.1. The van der Waals surface area contributed by atoms with Crippen LogP contribution in [0.15, 0.2) is 47.5 Å². The van der Waals surface area contributed by atoms with Gasteiger partial charge in [-0.1, -0.05) is 30.3 Å². The summed E-state index contributed by atoms with van der Waals surface area (Å²) in [5.74, 6) is -2.50. The first-order valence-electron chi connectivity index (χ1n) is 10.8. The highest BCUT2D eigenvalue weighted by Gasteiger charge is 2.38. The number of benzene rings is 2. The Morgan fingerprint density at radius 2 is 1.74 bits per heavy atom. The van der Waals surface area contributed by atoms with Gasteiger partial charge < -0.3 is 21.1 Å². The summed E-state index contributed by atoms with van der Waals surface area (Å²) in [6.45, 7) is 2.48. The number of methoxy groups -OCH3 is 1. The number of carbonyl (C=O) groups excluding carboxylic acids is 2. The zero-order valence-corrected chi connectivity index (χ0v) is 18.9. The highest BCUT2D eigenvalue weighted by molar-refractivity contribution is 6.04. The second-order valence-corrected chi connectivity index (χ2v) is 8.21. The number of ether oxygens (including phenoxy) is 1. The number of halogens is 3. The van der Waals surface area contributed by atoms with Gasteiger partial charge in [0.15, 0.2) is 5.96 Å². The van der Waals surface area contributed by atoms with Crippen LogP contribution in [-0.2, 0) is 11.0 Å². The Hall–Kier alpha value is -3.56. The maximum absolute atomic E-state index is 13.9. The summed E-state index contributed by atoms with van der Waals surface area (Å²) < 4.78 is 47.0. The fourth-order valence-electron chi connectivity index (χ4n) is 4.26. The van der Waals surface area contributed by atoms with Gasteiger partial charge in [0, 0.05) is 13.1 Å². The number of guanidine groups is 1. The molecule has 4 N–H and O–H groups in total. The van der Waals surface area contributed by atoms with Crippen LogP contribution in [0.5, 0.6) is 5.75 Å². The van der Waals surface area contributed by atoms with Crippen molar-refractivity contribution in [3.8, 4) is 5.75 Å². The number of nitrogens with zero attached hydrogens (tertiary/aromatic N) is 2. The van der Waals surface area contributed by atoms with E-state index in [0.717, 1.165) is 11.6 Å². The summed E-state index contributed by atoms with van der Waals surface area (Å²) in [5, 5.41) is 0. The number of nitrogens with two attached hydrogens (primary N) is 2. The Kier molecular flexibility index (Phi) is 7.48. The fourth-order valence-corrected chi connectivity index (χ4v) is 4.26. The molecule has 0 spiro atoms. The molecule has 0 aromatic heterocycles. The van der Waals surface area contributed by atoms with E-state index in [-0.39, 0.29) is 28.7 Å². The Balaban J connectivity index is 1.85. The SMILES string of the molecule is COc1cc(C2CCN(C(=O)[C@@H](C)c3ccccc3)CC2)c(C(F)(F)F)cc1C(=O)N=C(N)N. The lowest BCUT2D eigenvalue weighted by Gasteiger charge is -2.35. The monoisotopic (exact) mass is 476 g/mol. The van der Waals surface area contributed by atoms with E-state index in [1.165, 1.54) is 13.2 Å². The molecule has 1 atom stereocenters. The van der Waals surface area contributed by atoms with E-state index in [9.17, 15) is 22.8 Å². The van der Waals surface area contributed by atoms with Gasteiger partial charge in [0.05, 0.1) is 24.2 Å². The molecule has 1 saturated heterocycles. The van der Waals surface area contributed by atoms with Crippen molar-refractivity contribution in [2.75, 3.05) is 20.2 Å². The summed E-state index contributed by atoms with van der Waals surface area (Å²) >= 11 is 0. The Labute approximate surface area is 195 Å². The van der Waals surface area contributed by atoms with Gasteiger partial charge in [-0.3, -0.25) is 9.59 Å². The van der Waals surface area contributed by atoms with E-state index in [2.05, 4.69) is 4.99 Å². The minimum Gasteiger partial charge on any atom is -0.496 e. The lowest BCUT2D eigenvalue weighted by Crippen LogP contribution is -2.40. The maximum Gasteiger partial charge on any atom is 0.416 e. The standard InChI is InChI=1S/C24H27F3N4O3/c1-14(15-6-4-3-5-7-15)22(33)31-10-8-16(9-11-31)17-13-20(34-2)18(21(32)30-23(28)29)12-19(17)24(25,26)27/h3-7,12-14,16H,8-11H2,1-2H3,(H4,28,29,30,32)/t14-/m0/s1. The number of alkyl halides is 3. The zero-order chi connectivity index (χ0) is 25.0. The predicted octanol–water partition coefficient (Wildman–Crippen LogP) is 3.64. The largest absolute Gasteiger partial charge is 0.496 e. The average molecular weight is 476 g/mol. The molecule has 1 heterocycles. The predicted molar refractivity (Wildman–Crippen MR) is 122 cm³/mol. The van der Waals surface area contributed by atoms with Crippen LogP contribution in [0, 0.1) is 0 Å². The molecule has 10 heteroatoms. The maximum atomic E-state index is 13.9. The van der Waals surface area contributed by atoms with Crippen molar-refractivity contribution in [3.05, 3.63) is 64.7 Å². The molecule has 34 heavy (non-hydrogen) atoms. The van der Waals surface area contributed by atoms with Crippen LogP contribution < -0.4 is 16.2 Å². The van der Waals surface area contributed by atoms with Crippen molar-refractivity contribution in [2.45, 2.75) is 37.8 Å². The summed E-state index contributed by atoms with van der Waals surface area (Å²) in [4.78, 5) is 30.2. The van der Waals surface area contributed by atoms with Gasteiger partial charge in [0.25, 0.3) is 5.91 Å². The quantitative estimate of drug-likeness (QED) is 0.506. The van der Waals surface area contributed by atoms with E-state index in [1.807, 2.05) is 37.3 Å². The number of aliphatic imine (C=N–C) groups is 1. The van der Waals surface area contributed by atoms with Crippen molar-refractivity contribution in [2.24, 2.45) is 16.5 Å². The van der Waals surface area contributed by atoms with E-state index in [4.69, 9.17) is 16.2 Å². The van der Waals surface area contributed by atoms with Gasteiger partial charge in [-0.05, 0) is 48.9 Å². The van der Waals surface area contributed by atoms with Crippen LogP contribution in [0.3, 0.4) is 0 Å². The van der Waals surface area contributed by atoms with Crippen molar-refractivity contribution in [1.82, 2.24) is 4.90 Å². The molecule has 0 bridgehead atoms. The summed E-state index contributed by atoms with van der Waals surface area (Å²) in [5.41, 5.74) is 9.99. The first-order chi connectivity index (χ1) is 16.0. The molecule has 0 aliphatic carbocycles. The summed E-state index contributed by atoms with van der Waals surface area (Å²) in [6.07, 6.45) is -4.01. The van der Waals surface area contributed by atoms with Crippen LogP contribution in [0.25, 0.3) is 0 Å². The Morgan fingerprint density at radius 3 is 2.26 bits per heavy atom. The van der Waals surface area contributed by atoms with Gasteiger partial charge in [-0.2, -0.15) is 18.2 Å². The van der Waals surface area contributed by atoms with E-state index < -0.39 is 29.5 Å². The number of amides is 2. The minimum absolute atomic E-state index is 0.0220. The van der Waals surface area contributed by atoms with Crippen LogP contribution in [0.2, 0.25) is 0 Å². The molecule has 1 aliphatic heterocycles. The topological polar surface area (TPSA) is 111 Å². The molecule has 0 saturated carbocycles. The molecule has 182 valence electrons. The van der Waals surface area contributed by atoms with E-state index in [0.29, 0.717) is 25.9 Å². The molecule has 1 aliphatic rings. The molecule has 2 amide bonds. The number of rotatable bonds is 5.